The van der Waals surface area contributed by atoms with E-state index in [0.717, 1.165) is 12.1 Å². The minimum absolute atomic E-state index is 0.0943. The van der Waals surface area contributed by atoms with Crippen LogP contribution in [0, 0.1) is 23.3 Å². The number of hydrogen-bond acceptors (Lipinski definition) is 3. The fourth-order valence-electron chi connectivity index (χ4n) is 2.80. The van der Waals surface area contributed by atoms with Crippen LogP contribution in [0.15, 0.2) is 51.1 Å². The molecule has 1 atom stereocenters. The Balaban J connectivity index is 2.21. The lowest BCUT2D eigenvalue weighted by Gasteiger charge is -2.26. The second-order valence-corrected chi connectivity index (χ2v) is 6.61. The maximum atomic E-state index is 14.1. The average Bonchev–Trinajstić information content (AvgIpc) is 2.52. The average molecular weight is 443 g/mol. The number of hydrogen-bond donors (Lipinski definition) is 2. The maximum absolute atomic E-state index is 14.1. The number of carbonyl (C=O) groups is 1. The Morgan fingerprint density at radius 3 is 2.30 bits per heavy atom. The zero-order valence-electron chi connectivity index (χ0n) is 13.7. The van der Waals surface area contributed by atoms with Crippen LogP contribution in [0.2, 0.25) is 0 Å². The Labute approximate surface area is 159 Å². The van der Waals surface area contributed by atoms with E-state index in [0.29, 0.717) is 12.1 Å². The number of allylic oxidation sites excluding steroid dienone is 1. The van der Waals surface area contributed by atoms with E-state index in [1.54, 1.807) is 0 Å². The molecule has 2 N–H and O–H groups in total. The van der Waals surface area contributed by atoms with E-state index in [2.05, 4.69) is 26.2 Å². The number of rotatable bonds is 3. The predicted octanol–water partition coefficient (Wildman–Crippen LogP) is 4.46. The van der Waals surface area contributed by atoms with Gasteiger partial charge in [-0.05, 0) is 24.6 Å². The standard InChI is InChI=1S/C18H11BrF4N2O2/c1-7-14(18(26)27)16(10-3-2-8(20)4-11(10)19)25-17(24-7)15-12(22)5-9(21)6-13(15)23/h2-6,16H,1H3,(H,24,25)(H,26,27). The lowest BCUT2D eigenvalue weighted by Crippen LogP contribution is -2.33. The molecule has 2 aromatic carbocycles. The summed E-state index contributed by atoms with van der Waals surface area (Å²) in [6.07, 6.45) is 0. The van der Waals surface area contributed by atoms with Crippen molar-refractivity contribution in [2.24, 2.45) is 4.99 Å². The van der Waals surface area contributed by atoms with Gasteiger partial charge in [-0.3, -0.25) is 4.99 Å². The van der Waals surface area contributed by atoms with E-state index >= 15 is 0 Å². The summed E-state index contributed by atoms with van der Waals surface area (Å²) < 4.78 is 55.1. The van der Waals surface area contributed by atoms with Crippen LogP contribution in [-0.4, -0.2) is 16.9 Å². The summed E-state index contributed by atoms with van der Waals surface area (Å²) in [5.41, 5.74) is -0.413. The van der Waals surface area contributed by atoms with Gasteiger partial charge in [0.2, 0.25) is 0 Å². The number of carboxylic acid groups (broad SMARTS) is 1. The van der Waals surface area contributed by atoms with Crippen LogP contribution in [0.4, 0.5) is 17.6 Å². The van der Waals surface area contributed by atoms with Gasteiger partial charge in [0.25, 0.3) is 0 Å². The molecule has 0 bridgehead atoms. The third-order valence-corrected chi connectivity index (χ3v) is 4.66. The summed E-state index contributed by atoms with van der Waals surface area (Å²) in [4.78, 5) is 15.8. The Morgan fingerprint density at radius 2 is 1.74 bits per heavy atom. The normalized spacial score (nSPS) is 16.8. The Hall–Kier alpha value is -2.68. The summed E-state index contributed by atoms with van der Waals surface area (Å²) in [7, 11) is 0. The third-order valence-electron chi connectivity index (χ3n) is 3.97. The highest BCUT2D eigenvalue weighted by molar-refractivity contribution is 9.10. The third kappa shape index (κ3) is 3.59. The van der Waals surface area contributed by atoms with Gasteiger partial charge >= 0.3 is 5.97 Å². The van der Waals surface area contributed by atoms with Crippen molar-refractivity contribution in [1.29, 1.82) is 0 Å². The molecule has 9 heteroatoms. The van der Waals surface area contributed by atoms with E-state index in [4.69, 9.17) is 0 Å². The zero-order chi connectivity index (χ0) is 19.9. The number of nitrogens with zero attached hydrogens (tertiary/aromatic N) is 1. The van der Waals surface area contributed by atoms with Gasteiger partial charge in [0.15, 0.2) is 0 Å². The summed E-state index contributed by atoms with van der Waals surface area (Å²) >= 11 is 3.15. The molecule has 3 rings (SSSR count). The highest BCUT2D eigenvalue weighted by atomic mass is 79.9. The molecule has 1 aliphatic heterocycles. The molecule has 0 aromatic heterocycles. The lowest BCUT2D eigenvalue weighted by atomic mass is 9.95. The first-order chi connectivity index (χ1) is 12.7. The first-order valence-electron chi connectivity index (χ1n) is 7.57. The molecule has 0 fully saturated rings. The van der Waals surface area contributed by atoms with Crippen LogP contribution in [0.5, 0.6) is 0 Å². The molecule has 1 heterocycles. The fourth-order valence-corrected chi connectivity index (χ4v) is 3.36. The van der Waals surface area contributed by atoms with Crippen molar-refractivity contribution in [3.63, 3.8) is 0 Å². The Kier molecular flexibility index (Phi) is 5.05. The summed E-state index contributed by atoms with van der Waals surface area (Å²) in [5, 5.41) is 12.1. The number of aliphatic imine (C=N–C) groups is 1. The number of aliphatic carboxylic acids is 1. The molecule has 4 nitrogen and oxygen atoms in total. The van der Waals surface area contributed by atoms with Crippen LogP contribution in [0.25, 0.3) is 0 Å². The maximum Gasteiger partial charge on any atom is 0.335 e. The fraction of sp³-hybridized carbons (Fsp3) is 0.111. The highest BCUT2D eigenvalue weighted by Gasteiger charge is 2.32. The molecule has 140 valence electrons. The van der Waals surface area contributed by atoms with Gasteiger partial charge in [-0.1, -0.05) is 22.0 Å². The summed E-state index contributed by atoms with van der Waals surface area (Å²) in [6, 6.07) is 3.39. The SMILES string of the molecule is CC1=C(C(=O)O)C(c2ccc(F)cc2Br)N=C(c2c(F)cc(F)cc2F)N1. The molecule has 0 amide bonds. The van der Waals surface area contributed by atoms with Gasteiger partial charge in [-0.25, -0.2) is 22.4 Å². The minimum Gasteiger partial charge on any atom is -0.478 e. The first kappa shape index (κ1) is 19.1. The molecule has 0 saturated carbocycles. The molecule has 0 aliphatic carbocycles. The van der Waals surface area contributed by atoms with Crippen molar-refractivity contribution in [1.82, 2.24) is 5.32 Å². The summed E-state index contributed by atoms with van der Waals surface area (Å²) in [6.45, 7) is 1.40. The molecule has 1 aliphatic rings. The van der Waals surface area contributed by atoms with Gasteiger partial charge in [-0.15, -0.1) is 0 Å². The summed E-state index contributed by atoms with van der Waals surface area (Å²) in [5.74, 6) is -5.64. The monoisotopic (exact) mass is 442 g/mol. The molecule has 0 radical (unpaired) electrons. The molecule has 2 aromatic rings. The Morgan fingerprint density at radius 1 is 1.11 bits per heavy atom. The van der Waals surface area contributed by atoms with E-state index in [1.807, 2.05) is 0 Å². The predicted molar refractivity (Wildman–Crippen MR) is 93.2 cm³/mol. The Bertz CT molecular complexity index is 997. The first-order valence-corrected chi connectivity index (χ1v) is 8.37. The van der Waals surface area contributed by atoms with Gasteiger partial charge in [0, 0.05) is 22.3 Å². The number of benzene rings is 2. The topological polar surface area (TPSA) is 61.7 Å². The number of amidine groups is 1. The van der Waals surface area contributed by atoms with Gasteiger partial charge in [-0.2, -0.15) is 0 Å². The van der Waals surface area contributed by atoms with Crippen molar-refractivity contribution in [3.05, 3.63) is 80.5 Å². The van der Waals surface area contributed by atoms with E-state index in [-0.39, 0.29) is 27.1 Å². The second-order valence-electron chi connectivity index (χ2n) is 5.76. The largest absolute Gasteiger partial charge is 0.478 e. The highest BCUT2D eigenvalue weighted by Crippen LogP contribution is 2.36. The quantitative estimate of drug-likeness (QED) is 0.690. The number of halogens is 5. The second kappa shape index (κ2) is 7.15. The minimum atomic E-state index is -1.30. The number of nitrogens with one attached hydrogen (secondary N) is 1. The van der Waals surface area contributed by atoms with Crippen molar-refractivity contribution < 1.29 is 27.5 Å². The van der Waals surface area contributed by atoms with Crippen LogP contribution < -0.4 is 5.32 Å². The van der Waals surface area contributed by atoms with Crippen LogP contribution in [0.1, 0.15) is 24.1 Å². The van der Waals surface area contributed by atoms with Gasteiger partial charge in [0.05, 0.1) is 11.1 Å². The van der Waals surface area contributed by atoms with E-state index < -0.39 is 40.8 Å². The van der Waals surface area contributed by atoms with Crippen LogP contribution in [0.3, 0.4) is 0 Å². The molecular weight excluding hydrogens is 432 g/mol. The molecule has 0 spiro atoms. The van der Waals surface area contributed by atoms with E-state index in [9.17, 15) is 27.5 Å². The molecule has 1 unspecified atom stereocenters. The van der Waals surface area contributed by atoms with Crippen molar-refractivity contribution in [2.45, 2.75) is 13.0 Å². The smallest absolute Gasteiger partial charge is 0.335 e. The van der Waals surface area contributed by atoms with Crippen molar-refractivity contribution in [2.75, 3.05) is 0 Å². The van der Waals surface area contributed by atoms with Crippen molar-refractivity contribution >= 4 is 27.7 Å². The van der Waals surface area contributed by atoms with Gasteiger partial charge in [0.1, 0.15) is 35.1 Å². The van der Waals surface area contributed by atoms with Crippen LogP contribution in [-0.2, 0) is 4.79 Å². The van der Waals surface area contributed by atoms with Gasteiger partial charge < -0.3 is 10.4 Å². The number of carboxylic acids is 1. The molecule has 27 heavy (non-hydrogen) atoms. The lowest BCUT2D eigenvalue weighted by molar-refractivity contribution is -0.133. The zero-order valence-corrected chi connectivity index (χ0v) is 15.2. The van der Waals surface area contributed by atoms with Crippen molar-refractivity contribution in [3.8, 4) is 0 Å². The van der Waals surface area contributed by atoms with E-state index in [1.165, 1.54) is 13.0 Å². The van der Waals surface area contributed by atoms with Crippen LogP contribution >= 0.6 is 15.9 Å². The molecular formula is C18H11BrF4N2O2. The molecule has 0 saturated heterocycles.